The first-order valence-corrected chi connectivity index (χ1v) is 4.55. The third kappa shape index (κ3) is 2.49. The second-order valence-electron chi connectivity index (χ2n) is 3.22. The average molecular weight is 152 g/mol. The molecule has 0 amide bonds. The molecule has 0 bridgehead atoms. The lowest BCUT2D eigenvalue weighted by Gasteiger charge is -2.09. The first kappa shape index (κ1) is 8.51. The lowest BCUT2D eigenvalue weighted by molar-refractivity contribution is -0.118. The van der Waals surface area contributed by atoms with E-state index < -0.39 is 0 Å². The zero-order valence-electron chi connectivity index (χ0n) is 7.18. The number of allylic oxidation sites excluding steroid dienone is 2. The molecular formula is C10H16O. The standard InChI is InChI=1S/C10H16O/c1-2-6-9-7-4-3-5-8-10(9)11/h5,8-9H,2-4,6-7H2,1H3. The van der Waals surface area contributed by atoms with Gasteiger partial charge in [0.15, 0.2) is 5.78 Å². The fraction of sp³-hybridized carbons (Fsp3) is 0.700. The summed E-state index contributed by atoms with van der Waals surface area (Å²) >= 11 is 0. The minimum Gasteiger partial charge on any atom is -0.295 e. The minimum absolute atomic E-state index is 0.332. The average Bonchev–Trinajstić information content (AvgIpc) is 2.18. The number of hydrogen-bond acceptors (Lipinski definition) is 1. The molecule has 0 aromatic heterocycles. The maximum absolute atomic E-state index is 11.3. The summed E-state index contributed by atoms with van der Waals surface area (Å²) in [6, 6.07) is 0. The van der Waals surface area contributed by atoms with E-state index in [0.29, 0.717) is 11.7 Å². The molecule has 0 aliphatic heterocycles. The molecule has 0 radical (unpaired) electrons. The third-order valence-electron chi connectivity index (χ3n) is 2.25. The van der Waals surface area contributed by atoms with Gasteiger partial charge in [-0.05, 0) is 31.8 Å². The van der Waals surface area contributed by atoms with Crippen molar-refractivity contribution in [3.05, 3.63) is 12.2 Å². The van der Waals surface area contributed by atoms with Crippen LogP contribution in [0.3, 0.4) is 0 Å². The quantitative estimate of drug-likeness (QED) is 0.594. The highest BCUT2D eigenvalue weighted by molar-refractivity contribution is 5.91. The first-order chi connectivity index (χ1) is 5.34. The summed E-state index contributed by atoms with van der Waals surface area (Å²) < 4.78 is 0. The molecule has 1 nitrogen and oxygen atoms in total. The molecule has 1 aliphatic carbocycles. The van der Waals surface area contributed by atoms with E-state index >= 15 is 0 Å². The molecule has 1 unspecified atom stereocenters. The van der Waals surface area contributed by atoms with Gasteiger partial charge in [0.25, 0.3) is 0 Å². The first-order valence-electron chi connectivity index (χ1n) is 4.55. The molecule has 62 valence electrons. The maximum Gasteiger partial charge on any atom is 0.158 e. The summed E-state index contributed by atoms with van der Waals surface area (Å²) in [5, 5.41) is 0. The van der Waals surface area contributed by atoms with Gasteiger partial charge in [-0.2, -0.15) is 0 Å². The molecule has 1 heteroatoms. The van der Waals surface area contributed by atoms with Crippen molar-refractivity contribution in [2.24, 2.45) is 5.92 Å². The zero-order chi connectivity index (χ0) is 8.10. The Morgan fingerprint density at radius 3 is 3.18 bits per heavy atom. The summed E-state index contributed by atoms with van der Waals surface area (Å²) in [6.45, 7) is 2.14. The van der Waals surface area contributed by atoms with Crippen molar-refractivity contribution in [2.45, 2.75) is 39.0 Å². The Bertz CT molecular complexity index is 158. The van der Waals surface area contributed by atoms with Crippen LogP contribution in [0.2, 0.25) is 0 Å². The van der Waals surface area contributed by atoms with Gasteiger partial charge in [-0.25, -0.2) is 0 Å². The number of hydrogen-bond donors (Lipinski definition) is 0. The second-order valence-corrected chi connectivity index (χ2v) is 3.22. The highest BCUT2D eigenvalue weighted by Crippen LogP contribution is 2.19. The van der Waals surface area contributed by atoms with Crippen LogP contribution in [0.15, 0.2) is 12.2 Å². The molecule has 0 saturated heterocycles. The van der Waals surface area contributed by atoms with Gasteiger partial charge in [-0.3, -0.25) is 4.79 Å². The third-order valence-corrected chi connectivity index (χ3v) is 2.25. The van der Waals surface area contributed by atoms with E-state index in [-0.39, 0.29) is 0 Å². The SMILES string of the molecule is CCCC1CCCC=CC1=O. The van der Waals surface area contributed by atoms with E-state index in [9.17, 15) is 4.79 Å². The topological polar surface area (TPSA) is 17.1 Å². The maximum atomic E-state index is 11.3. The highest BCUT2D eigenvalue weighted by atomic mass is 16.1. The lowest BCUT2D eigenvalue weighted by atomic mass is 9.95. The van der Waals surface area contributed by atoms with Crippen molar-refractivity contribution in [1.29, 1.82) is 0 Å². The van der Waals surface area contributed by atoms with Gasteiger partial charge >= 0.3 is 0 Å². The van der Waals surface area contributed by atoms with Crippen LogP contribution in [0, 0.1) is 5.92 Å². The number of carbonyl (C=O) groups is 1. The number of ketones is 1. The molecule has 1 atom stereocenters. The summed E-state index contributed by atoms with van der Waals surface area (Å²) in [7, 11) is 0. The van der Waals surface area contributed by atoms with E-state index in [1.54, 1.807) is 6.08 Å². The van der Waals surface area contributed by atoms with Crippen molar-refractivity contribution in [2.75, 3.05) is 0 Å². The number of carbonyl (C=O) groups excluding carboxylic acids is 1. The van der Waals surface area contributed by atoms with Crippen molar-refractivity contribution in [3.63, 3.8) is 0 Å². The Morgan fingerprint density at radius 2 is 2.45 bits per heavy atom. The predicted molar refractivity (Wildman–Crippen MR) is 46.4 cm³/mol. The van der Waals surface area contributed by atoms with Crippen LogP contribution in [0.5, 0.6) is 0 Å². The molecular weight excluding hydrogens is 136 g/mol. The molecule has 1 aliphatic rings. The van der Waals surface area contributed by atoms with Crippen LogP contribution < -0.4 is 0 Å². The van der Waals surface area contributed by atoms with Crippen LogP contribution in [0.1, 0.15) is 39.0 Å². The molecule has 0 spiro atoms. The molecule has 11 heavy (non-hydrogen) atoms. The van der Waals surface area contributed by atoms with Crippen LogP contribution in [-0.2, 0) is 4.79 Å². The molecule has 0 aromatic rings. The summed E-state index contributed by atoms with van der Waals surface area (Å²) in [5.74, 6) is 0.683. The summed E-state index contributed by atoms with van der Waals surface area (Å²) in [6.07, 6.45) is 9.36. The monoisotopic (exact) mass is 152 g/mol. The van der Waals surface area contributed by atoms with Gasteiger partial charge in [0.1, 0.15) is 0 Å². The summed E-state index contributed by atoms with van der Waals surface area (Å²) in [4.78, 5) is 11.3. The van der Waals surface area contributed by atoms with Gasteiger partial charge in [0.05, 0.1) is 0 Å². The number of rotatable bonds is 2. The Hall–Kier alpha value is -0.590. The Kier molecular flexibility index (Phi) is 3.34. The van der Waals surface area contributed by atoms with Gasteiger partial charge in [0, 0.05) is 5.92 Å². The Labute approximate surface area is 68.5 Å². The van der Waals surface area contributed by atoms with Crippen molar-refractivity contribution < 1.29 is 4.79 Å². The van der Waals surface area contributed by atoms with Gasteiger partial charge < -0.3 is 0 Å². The Balaban J connectivity index is 2.48. The molecule has 0 heterocycles. The van der Waals surface area contributed by atoms with E-state index in [2.05, 4.69) is 6.92 Å². The fourth-order valence-electron chi connectivity index (χ4n) is 1.59. The van der Waals surface area contributed by atoms with Crippen molar-refractivity contribution in [1.82, 2.24) is 0 Å². The van der Waals surface area contributed by atoms with Crippen LogP contribution in [0.4, 0.5) is 0 Å². The Morgan fingerprint density at radius 1 is 1.64 bits per heavy atom. The highest BCUT2D eigenvalue weighted by Gasteiger charge is 2.15. The van der Waals surface area contributed by atoms with Crippen molar-refractivity contribution in [3.8, 4) is 0 Å². The van der Waals surface area contributed by atoms with Gasteiger partial charge in [-0.15, -0.1) is 0 Å². The van der Waals surface area contributed by atoms with Crippen LogP contribution in [-0.4, -0.2) is 5.78 Å². The smallest absolute Gasteiger partial charge is 0.158 e. The molecule has 1 rings (SSSR count). The molecule has 0 saturated carbocycles. The van der Waals surface area contributed by atoms with Crippen LogP contribution in [0.25, 0.3) is 0 Å². The summed E-state index contributed by atoms with van der Waals surface area (Å²) in [5.41, 5.74) is 0. The predicted octanol–water partition coefficient (Wildman–Crippen LogP) is 2.71. The van der Waals surface area contributed by atoms with E-state index in [1.165, 1.54) is 6.42 Å². The second kappa shape index (κ2) is 4.32. The molecule has 0 fully saturated rings. The van der Waals surface area contributed by atoms with E-state index in [1.807, 2.05) is 6.08 Å². The van der Waals surface area contributed by atoms with Crippen molar-refractivity contribution >= 4 is 5.78 Å². The van der Waals surface area contributed by atoms with Gasteiger partial charge in [0.2, 0.25) is 0 Å². The van der Waals surface area contributed by atoms with E-state index in [0.717, 1.165) is 25.7 Å². The van der Waals surface area contributed by atoms with Gasteiger partial charge in [-0.1, -0.05) is 19.4 Å². The molecule has 0 aromatic carbocycles. The van der Waals surface area contributed by atoms with E-state index in [4.69, 9.17) is 0 Å². The van der Waals surface area contributed by atoms with Crippen LogP contribution >= 0.6 is 0 Å². The zero-order valence-corrected chi connectivity index (χ0v) is 7.18. The lowest BCUT2D eigenvalue weighted by Crippen LogP contribution is -2.10. The normalized spacial score (nSPS) is 25.2. The minimum atomic E-state index is 0.332. The fourth-order valence-corrected chi connectivity index (χ4v) is 1.59. The molecule has 0 N–H and O–H groups in total. The largest absolute Gasteiger partial charge is 0.295 e.